The first-order valence-electron chi connectivity index (χ1n) is 9.33. The van der Waals surface area contributed by atoms with E-state index in [4.69, 9.17) is 0 Å². The third kappa shape index (κ3) is 3.23. The first kappa shape index (κ1) is 20.4. The monoisotopic (exact) mass is 431 g/mol. The zero-order chi connectivity index (χ0) is 21.6. The van der Waals surface area contributed by atoms with E-state index in [2.05, 4.69) is 5.10 Å². The van der Waals surface area contributed by atoms with Crippen LogP contribution in [0.4, 0.5) is 8.78 Å². The van der Waals surface area contributed by atoms with Gasteiger partial charge in [-0.2, -0.15) is 14.1 Å². The van der Waals surface area contributed by atoms with Gasteiger partial charge in [0.2, 0.25) is 10.0 Å². The summed E-state index contributed by atoms with van der Waals surface area (Å²) in [5.41, 5.74) is 1.34. The van der Waals surface area contributed by atoms with Crippen molar-refractivity contribution in [1.29, 1.82) is 0 Å². The fraction of sp³-hybridized carbons (Fsp3) is 0.238. The highest BCUT2D eigenvalue weighted by Gasteiger charge is 2.34. The number of hydrogen-bond acceptors (Lipinski definition) is 4. The van der Waals surface area contributed by atoms with E-state index >= 15 is 0 Å². The Bertz CT molecular complexity index is 1250. The lowest BCUT2D eigenvalue weighted by atomic mass is 10.0. The lowest BCUT2D eigenvalue weighted by Crippen LogP contribution is -2.36. The zero-order valence-corrected chi connectivity index (χ0v) is 17.2. The minimum absolute atomic E-state index is 0.0130. The van der Waals surface area contributed by atoms with Crippen molar-refractivity contribution in [2.24, 2.45) is 0 Å². The molecule has 0 radical (unpaired) electrons. The molecule has 0 bridgehead atoms. The van der Waals surface area contributed by atoms with Crippen molar-refractivity contribution in [3.05, 3.63) is 82.2 Å². The van der Waals surface area contributed by atoms with Crippen LogP contribution in [0.2, 0.25) is 0 Å². The molecule has 0 saturated heterocycles. The summed E-state index contributed by atoms with van der Waals surface area (Å²) in [7, 11) is -3.97. The minimum Gasteiger partial charge on any atom is -0.266 e. The number of nitrogens with zero attached hydrogens (tertiary/aromatic N) is 3. The molecule has 1 aliphatic rings. The molecule has 0 spiro atoms. The normalized spacial score (nSPS) is 14.5. The summed E-state index contributed by atoms with van der Waals surface area (Å²) >= 11 is 0. The molecule has 1 aromatic heterocycles. The van der Waals surface area contributed by atoms with E-state index in [0.29, 0.717) is 13.0 Å². The predicted octanol–water partition coefficient (Wildman–Crippen LogP) is 3.21. The molecule has 0 unspecified atom stereocenters. The summed E-state index contributed by atoms with van der Waals surface area (Å²) in [6, 6.07) is 10.7. The number of hydrogen-bond donors (Lipinski definition) is 0. The highest BCUT2D eigenvalue weighted by molar-refractivity contribution is 7.89. The van der Waals surface area contributed by atoms with Crippen LogP contribution < -0.4 is 0 Å². The van der Waals surface area contributed by atoms with Crippen molar-refractivity contribution < 1.29 is 22.0 Å². The molecule has 156 valence electrons. The van der Waals surface area contributed by atoms with Gasteiger partial charge in [0.25, 0.3) is 5.91 Å². The maximum atomic E-state index is 14.1. The second-order valence-corrected chi connectivity index (χ2v) is 9.05. The van der Waals surface area contributed by atoms with Crippen LogP contribution in [0.3, 0.4) is 0 Å². The minimum atomic E-state index is -3.97. The summed E-state index contributed by atoms with van der Waals surface area (Å²) in [6.45, 7) is 3.36. The van der Waals surface area contributed by atoms with E-state index in [1.165, 1.54) is 18.2 Å². The van der Waals surface area contributed by atoms with Crippen LogP contribution in [0.15, 0.2) is 47.4 Å². The number of carbonyl (C=O) groups is 1. The third-order valence-corrected chi connectivity index (χ3v) is 7.39. The Morgan fingerprint density at radius 3 is 2.30 bits per heavy atom. The van der Waals surface area contributed by atoms with Gasteiger partial charge in [-0.05, 0) is 43.5 Å². The quantitative estimate of drug-likeness (QED) is 0.639. The maximum Gasteiger partial charge on any atom is 0.284 e. The first-order chi connectivity index (χ1) is 14.2. The van der Waals surface area contributed by atoms with Gasteiger partial charge in [-0.15, -0.1) is 0 Å². The fourth-order valence-corrected chi connectivity index (χ4v) is 5.58. The Hall–Kier alpha value is -2.91. The smallest absolute Gasteiger partial charge is 0.266 e. The summed E-state index contributed by atoms with van der Waals surface area (Å²) in [5.74, 6) is -3.13. The summed E-state index contributed by atoms with van der Waals surface area (Å²) in [6.07, 6.45) is 0.570. The van der Waals surface area contributed by atoms with Gasteiger partial charge in [0, 0.05) is 13.1 Å². The molecule has 0 amide bonds. The SMILES string of the molecule is Cc1nn(C(=O)c2c(F)cccc2F)c(C)c1S(=O)(=O)N1CCc2ccccc2C1. The van der Waals surface area contributed by atoms with Gasteiger partial charge < -0.3 is 0 Å². The van der Waals surface area contributed by atoms with Crippen LogP contribution in [0.1, 0.15) is 32.9 Å². The Morgan fingerprint density at radius 1 is 1.00 bits per heavy atom. The highest BCUT2D eigenvalue weighted by atomic mass is 32.2. The number of benzene rings is 2. The van der Waals surface area contributed by atoms with Crippen LogP contribution in [-0.2, 0) is 23.0 Å². The van der Waals surface area contributed by atoms with Crippen molar-refractivity contribution in [1.82, 2.24) is 14.1 Å². The Balaban J connectivity index is 1.75. The number of carbonyl (C=O) groups excluding carboxylic acids is 1. The molecule has 0 fully saturated rings. The topological polar surface area (TPSA) is 72.3 Å². The van der Waals surface area contributed by atoms with Crippen molar-refractivity contribution >= 4 is 15.9 Å². The van der Waals surface area contributed by atoms with Gasteiger partial charge in [-0.1, -0.05) is 30.3 Å². The molecule has 2 heterocycles. The predicted molar refractivity (Wildman–Crippen MR) is 106 cm³/mol. The Morgan fingerprint density at radius 2 is 1.63 bits per heavy atom. The van der Waals surface area contributed by atoms with E-state index < -0.39 is 33.1 Å². The number of aryl methyl sites for hydroxylation is 1. The Kier molecular flexibility index (Phi) is 5.03. The molecule has 1 aliphatic heterocycles. The van der Waals surface area contributed by atoms with Gasteiger partial charge in [0.15, 0.2) is 0 Å². The molecule has 0 N–H and O–H groups in total. The third-order valence-electron chi connectivity index (χ3n) is 5.29. The van der Waals surface area contributed by atoms with Crippen molar-refractivity contribution in [3.8, 4) is 0 Å². The molecule has 30 heavy (non-hydrogen) atoms. The van der Waals surface area contributed by atoms with E-state index in [1.807, 2.05) is 24.3 Å². The van der Waals surface area contributed by atoms with E-state index in [-0.39, 0.29) is 22.8 Å². The second-order valence-electron chi connectivity index (χ2n) is 7.17. The van der Waals surface area contributed by atoms with Crippen molar-refractivity contribution in [2.45, 2.75) is 31.7 Å². The standard InChI is InChI=1S/C21H19F2N3O3S/c1-13-20(30(28,29)25-11-10-15-6-3-4-7-16(15)12-25)14(2)26(24-13)21(27)19-17(22)8-5-9-18(19)23/h3-9H,10-12H2,1-2H3. The molecular weight excluding hydrogens is 412 g/mol. The number of aromatic nitrogens is 2. The summed E-state index contributed by atoms with van der Waals surface area (Å²) in [5, 5.41) is 4.00. The zero-order valence-electron chi connectivity index (χ0n) is 16.4. The van der Waals surface area contributed by atoms with Crippen LogP contribution >= 0.6 is 0 Å². The van der Waals surface area contributed by atoms with Gasteiger partial charge >= 0.3 is 0 Å². The molecule has 2 aromatic carbocycles. The number of sulfonamides is 1. The van der Waals surface area contributed by atoms with Gasteiger partial charge in [0.05, 0.1) is 11.4 Å². The molecular formula is C21H19F2N3O3S. The van der Waals surface area contributed by atoms with E-state index in [0.717, 1.165) is 34.0 Å². The van der Waals surface area contributed by atoms with Crippen LogP contribution in [-0.4, -0.2) is 35.0 Å². The first-order valence-corrected chi connectivity index (χ1v) is 10.8. The fourth-order valence-electron chi connectivity index (χ4n) is 3.81. The highest BCUT2D eigenvalue weighted by Crippen LogP contribution is 2.29. The largest absolute Gasteiger partial charge is 0.284 e. The number of fused-ring (bicyclic) bond motifs is 1. The molecule has 9 heteroatoms. The molecule has 0 aliphatic carbocycles. The molecule has 6 nitrogen and oxygen atoms in total. The molecule has 0 saturated carbocycles. The average molecular weight is 431 g/mol. The van der Waals surface area contributed by atoms with Crippen molar-refractivity contribution in [2.75, 3.05) is 6.54 Å². The van der Waals surface area contributed by atoms with Crippen LogP contribution in [0.5, 0.6) is 0 Å². The Labute approximate surface area is 172 Å². The van der Waals surface area contributed by atoms with Gasteiger partial charge in [-0.25, -0.2) is 17.2 Å². The molecule has 4 rings (SSSR count). The molecule has 3 aromatic rings. The lowest BCUT2D eigenvalue weighted by Gasteiger charge is -2.28. The van der Waals surface area contributed by atoms with Crippen LogP contribution in [0, 0.1) is 25.5 Å². The number of halogens is 2. The summed E-state index contributed by atoms with van der Waals surface area (Å²) in [4.78, 5) is 12.6. The second kappa shape index (κ2) is 7.41. The molecule has 0 atom stereocenters. The van der Waals surface area contributed by atoms with Gasteiger partial charge in [0.1, 0.15) is 22.1 Å². The summed E-state index contributed by atoms with van der Waals surface area (Å²) < 4.78 is 56.9. The van der Waals surface area contributed by atoms with E-state index in [1.54, 1.807) is 0 Å². The lowest BCUT2D eigenvalue weighted by molar-refractivity contribution is 0.0933. The van der Waals surface area contributed by atoms with E-state index in [9.17, 15) is 22.0 Å². The number of rotatable bonds is 3. The maximum absolute atomic E-state index is 14.1. The van der Waals surface area contributed by atoms with Crippen LogP contribution in [0.25, 0.3) is 0 Å². The average Bonchev–Trinajstić information content (AvgIpc) is 3.02. The van der Waals surface area contributed by atoms with Gasteiger partial charge in [-0.3, -0.25) is 4.79 Å². The van der Waals surface area contributed by atoms with Crippen molar-refractivity contribution in [3.63, 3.8) is 0 Å².